The monoisotopic (exact) mass is 538 g/mol. The van der Waals surface area contributed by atoms with Gasteiger partial charge in [0.1, 0.15) is 29.5 Å². The molecule has 1 N–H and O–H groups in total. The third-order valence-corrected chi connectivity index (χ3v) is 6.25. The number of hydrogen-bond acceptors (Lipinski definition) is 5. The molecule has 1 heterocycles. The molecule has 0 unspecified atom stereocenters. The fourth-order valence-electron chi connectivity index (χ4n) is 3.47. The zero-order valence-corrected chi connectivity index (χ0v) is 20.4. The largest absolute Gasteiger partial charge is 0.497 e. The number of halogens is 2. The van der Waals surface area contributed by atoms with Crippen molar-refractivity contribution >= 4 is 45.5 Å². The first kappa shape index (κ1) is 24.2. The van der Waals surface area contributed by atoms with Gasteiger partial charge in [-0.1, -0.05) is 34.1 Å². The molecule has 9 heteroatoms. The molecule has 1 saturated heterocycles. The number of aryl methyl sites for hydroxylation is 1. The maximum atomic E-state index is 14.1. The van der Waals surface area contributed by atoms with Gasteiger partial charge >= 0.3 is 6.03 Å². The molecule has 0 aromatic heterocycles. The molecule has 1 aliphatic rings. The van der Waals surface area contributed by atoms with E-state index in [2.05, 4.69) is 21.2 Å². The summed E-state index contributed by atoms with van der Waals surface area (Å²) < 4.78 is 25.9. The molecule has 4 rings (SSSR count). The highest BCUT2D eigenvalue weighted by atomic mass is 79.9. The minimum atomic E-state index is -0.843. The van der Waals surface area contributed by atoms with Crippen molar-refractivity contribution in [3.8, 4) is 11.5 Å². The van der Waals surface area contributed by atoms with E-state index in [0.717, 1.165) is 14.9 Å². The number of ether oxygens (including phenoxy) is 2. The number of amides is 4. The van der Waals surface area contributed by atoms with Crippen LogP contribution in [0.25, 0.3) is 6.08 Å². The number of imide groups is 2. The van der Waals surface area contributed by atoms with E-state index in [1.807, 2.05) is 6.92 Å². The smallest absolute Gasteiger partial charge is 0.335 e. The van der Waals surface area contributed by atoms with Crippen molar-refractivity contribution in [2.24, 2.45) is 0 Å². The lowest BCUT2D eigenvalue weighted by atomic mass is 10.1. The topological polar surface area (TPSA) is 84.9 Å². The van der Waals surface area contributed by atoms with Crippen LogP contribution in [0.1, 0.15) is 16.7 Å². The summed E-state index contributed by atoms with van der Waals surface area (Å²) in [6, 6.07) is 15.1. The Hall–Kier alpha value is -3.98. The van der Waals surface area contributed by atoms with E-state index in [1.54, 1.807) is 54.6 Å². The van der Waals surface area contributed by atoms with Crippen LogP contribution in [0.5, 0.6) is 11.5 Å². The van der Waals surface area contributed by atoms with Gasteiger partial charge in [0.2, 0.25) is 0 Å². The van der Waals surface area contributed by atoms with Gasteiger partial charge in [0, 0.05) is 21.7 Å². The number of nitrogens with zero attached hydrogens (tertiary/aromatic N) is 1. The molecule has 1 aliphatic heterocycles. The Morgan fingerprint density at radius 3 is 2.54 bits per heavy atom. The van der Waals surface area contributed by atoms with Crippen molar-refractivity contribution in [3.63, 3.8) is 0 Å². The molecule has 178 valence electrons. The maximum Gasteiger partial charge on any atom is 0.335 e. The number of anilines is 1. The molecule has 4 amide bonds. The molecular weight excluding hydrogens is 519 g/mol. The van der Waals surface area contributed by atoms with E-state index >= 15 is 0 Å². The van der Waals surface area contributed by atoms with Crippen molar-refractivity contribution in [2.45, 2.75) is 13.5 Å². The standard InChI is InChI=1S/C26H20BrFN2O5/c1-15-11-18(8-10-21(15)27)30-25(32)20(24(31)29-26(30)33)12-16-7-9-19(34-2)13-23(16)35-14-17-5-3-4-6-22(17)28/h3-13H,14H2,1-2H3,(H,29,31,33)/b20-12-. The van der Waals surface area contributed by atoms with Gasteiger partial charge in [-0.25, -0.2) is 14.1 Å². The number of nitrogens with one attached hydrogen (secondary N) is 1. The van der Waals surface area contributed by atoms with E-state index in [-0.39, 0.29) is 17.9 Å². The van der Waals surface area contributed by atoms with Gasteiger partial charge in [-0.2, -0.15) is 0 Å². The summed E-state index contributed by atoms with van der Waals surface area (Å²) in [6.45, 7) is 1.73. The molecular formula is C26H20BrFN2O5. The summed E-state index contributed by atoms with van der Waals surface area (Å²) in [5, 5.41) is 2.20. The van der Waals surface area contributed by atoms with Crippen LogP contribution < -0.4 is 19.7 Å². The highest BCUT2D eigenvalue weighted by Crippen LogP contribution is 2.30. The number of barbiturate groups is 1. The Balaban J connectivity index is 1.70. The fourth-order valence-corrected chi connectivity index (χ4v) is 3.72. The minimum Gasteiger partial charge on any atom is -0.497 e. The van der Waals surface area contributed by atoms with Gasteiger partial charge in [0.05, 0.1) is 12.8 Å². The van der Waals surface area contributed by atoms with Crippen LogP contribution in [-0.4, -0.2) is 25.0 Å². The number of benzene rings is 3. The van der Waals surface area contributed by atoms with E-state index in [0.29, 0.717) is 22.6 Å². The number of carbonyl (C=O) groups is 3. The van der Waals surface area contributed by atoms with Crippen LogP contribution in [0.4, 0.5) is 14.9 Å². The summed E-state index contributed by atoms with van der Waals surface area (Å²) in [6.07, 6.45) is 1.33. The molecule has 3 aromatic carbocycles. The Bertz CT molecular complexity index is 1370. The summed E-state index contributed by atoms with van der Waals surface area (Å²) >= 11 is 3.39. The molecule has 0 bridgehead atoms. The summed E-state index contributed by atoms with van der Waals surface area (Å²) in [7, 11) is 1.48. The summed E-state index contributed by atoms with van der Waals surface area (Å²) in [5.41, 5.74) is 1.58. The molecule has 3 aromatic rings. The lowest BCUT2D eigenvalue weighted by Gasteiger charge is -2.27. The van der Waals surface area contributed by atoms with Crippen LogP contribution in [0.15, 0.2) is 70.7 Å². The highest BCUT2D eigenvalue weighted by Gasteiger charge is 2.37. The number of rotatable bonds is 6. The van der Waals surface area contributed by atoms with Gasteiger partial charge in [0.15, 0.2) is 0 Å². The molecule has 0 radical (unpaired) electrons. The van der Waals surface area contributed by atoms with Crippen molar-refractivity contribution in [2.75, 3.05) is 12.0 Å². The molecule has 0 atom stereocenters. The van der Waals surface area contributed by atoms with Crippen molar-refractivity contribution in [3.05, 3.63) is 93.2 Å². The molecule has 0 spiro atoms. The minimum absolute atomic E-state index is 0.0844. The quantitative estimate of drug-likeness (QED) is 0.346. The lowest BCUT2D eigenvalue weighted by Crippen LogP contribution is -2.54. The fraction of sp³-hybridized carbons (Fsp3) is 0.115. The second-order valence-corrected chi connectivity index (χ2v) is 8.53. The first-order valence-electron chi connectivity index (χ1n) is 10.5. The van der Waals surface area contributed by atoms with Gasteiger partial charge in [-0.15, -0.1) is 0 Å². The Kier molecular flexibility index (Phi) is 6.97. The number of methoxy groups -OCH3 is 1. The second kappa shape index (κ2) is 10.1. The van der Waals surface area contributed by atoms with Crippen LogP contribution in [0, 0.1) is 12.7 Å². The predicted octanol–water partition coefficient (Wildman–Crippen LogP) is 5.15. The normalized spacial score (nSPS) is 14.8. The molecule has 35 heavy (non-hydrogen) atoms. The molecule has 0 aliphatic carbocycles. The lowest BCUT2D eigenvalue weighted by molar-refractivity contribution is -0.122. The Labute approximate surface area is 209 Å². The van der Waals surface area contributed by atoms with Crippen molar-refractivity contribution < 1.29 is 28.2 Å². The van der Waals surface area contributed by atoms with Crippen molar-refractivity contribution in [1.82, 2.24) is 5.32 Å². The maximum absolute atomic E-state index is 14.1. The summed E-state index contributed by atoms with van der Waals surface area (Å²) in [4.78, 5) is 39.3. The van der Waals surface area contributed by atoms with E-state index in [4.69, 9.17) is 9.47 Å². The van der Waals surface area contributed by atoms with Gasteiger partial charge < -0.3 is 9.47 Å². The van der Waals surface area contributed by atoms with E-state index in [1.165, 1.54) is 19.3 Å². The van der Waals surface area contributed by atoms with Crippen LogP contribution in [0.2, 0.25) is 0 Å². The molecule has 0 saturated carbocycles. The predicted molar refractivity (Wildman–Crippen MR) is 132 cm³/mol. The first-order valence-corrected chi connectivity index (χ1v) is 11.3. The van der Waals surface area contributed by atoms with E-state index in [9.17, 15) is 18.8 Å². The second-order valence-electron chi connectivity index (χ2n) is 7.68. The Morgan fingerprint density at radius 1 is 1.06 bits per heavy atom. The van der Waals surface area contributed by atoms with Gasteiger partial charge in [-0.3, -0.25) is 14.9 Å². The third-order valence-electron chi connectivity index (χ3n) is 5.36. The SMILES string of the molecule is COc1ccc(/C=C2/C(=O)NC(=O)N(c3ccc(Br)c(C)c3)C2=O)c(OCc2ccccc2F)c1. The van der Waals surface area contributed by atoms with Gasteiger partial charge in [0.25, 0.3) is 11.8 Å². The van der Waals surface area contributed by atoms with Crippen molar-refractivity contribution in [1.29, 1.82) is 0 Å². The summed E-state index contributed by atoms with van der Waals surface area (Å²) in [5.74, 6) is -1.30. The molecule has 7 nitrogen and oxygen atoms in total. The van der Waals surface area contributed by atoms with Crippen LogP contribution in [0.3, 0.4) is 0 Å². The molecule has 1 fully saturated rings. The average molecular weight is 539 g/mol. The zero-order chi connectivity index (χ0) is 25.1. The van der Waals surface area contributed by atoms with E-state index < -0.39 is 23.7 Å². The highest BCUT2D eigenvalue weighted by molar-refractivity contribution is 9.10. The number of carbonyl (C=O) groups excluding carboxylic acids is 3. The average Bonchev–Trinajstić information content (AvgIpc) is 2.83. The first-order chi connectivity index (χ1) is 16.8. The number of urea groups is 1. The van der Waals surface area contributed by atoms with Crippen LogP contribution in [-0.2, 0) is 16.2 Å². The Morgan fingerprint density at radius 2 is 1.83 bits per heavy atom. The third kappa shape index (κ3) is 5.09. The number of hydrogen-bond donors (Lipinski definition) is 1. The van der Waals surface area contributed by atoms with Crippen LogP contribution >= 0.6 is 15.9 Å². The zero-order valence-electron chi connectivity index (χ0n) is 18.8. The van der Waals surface area contributed by atoms with Gasteiger partial charge in [-0.05, 0) is 55.0 Å².